The maximum atomic E-state index is 11.9. The largest absolute Gasteiger partial charge is 0.365 e. The molecule has 0 aliphatic heterocycles. The second-order valence-corrected chi connectivity index (χ2v) is 7.95. The standard InChI is InChI=1S/C17H14ClN3O3S/c1-25(23,24)12-5-6-15-13(8-12)16(14(9-20-15)17(19)22)21-11-4-2-3-10(18)7-11/h2-9H,1H3,(H2,19,22)(H,20,21). The molecular weight excluding hydrogens is 362 g/mol. The molecule has 0 saturated carbocycles. The fourth-order valence-corrected chi connectivity index (χ4v) is 3.27. The Labute approximate surface area is 149 Å². The second kappa shape index (κ2) is 6.34. The zero-order valence-electron chi connectivity index (χ0n) is 13.2. The van der Waals surface area contributed by atoms with Crippen molar-refractivity contribution in [3.63, 3.8) is 0 Å². The highest BCUT2D eigenvalue weighted by Gasteiger charge is 2.16. The molecule has 6 nitrogen and oxygen atoms in total. The molecule has 8 heteroatoms. The number of hydrogen-bond donors (Lipinski definition) is 2. The fraction of sp³-hybridized carbons (Fsp3) is 0.0588. The summed E-state index contributed by atoms with van der Waals surface area (Å²) in [5, 5.41) is 4.08. The van der Waals surface area contributed by atoms with Gasteiger partial charge < -0.3 is 11.1 Å². The summed E-state index contributed by atoms with van der Waals surface area (Å²) in [6.45, 7) is 0. The van der Waals surface area contributed by atoms with Crippen molar-refractivity contribution in [2.75, 3.05) is 11.6 Å². The third-order valence-electron chi connectivity index (χ3n) is 3.63. The molecule has 0 aliphatic carbocycles. The zero-order valence-corrected chi connectivity index (χ0v) is 14.7. The smallest absolute Gasteiger partial charge is 0.252 e. The third kappa shape index (κ3) is 3.57. The van der Waals surface area contributed by atoms with Gasteiger partial charge in [-0.3, -0.25) is 9.78 Å². The number of primary amides is 1. The van der Waals surface area contributed by atoms with Gasteiger partial charge in [0.15, 0.2) is 9.84 Å². The number of carbonyl (C=O) groups excluding carboxylic acids is 1. The molecule has 0 radical (unpaired) electrons. The minimum Gasteiger partial charge on any atom is -0.365 e. The number of halogens is 1. The number of nitrogens with one attached hydrogen (secondary N) is 1. The number of aromatic nitrogens is 1. The topological polar surface area (TPSA) is 102 Å². The van der Waals surface area contributed by atoms with Crippen LogP contribution in [-0.2, 0) is 9.84 Å². The lowest BCUT2D eigenvalue weighted by atomic mass is 10.1. The van der Waals surface area contributed by atoms with E-state index in [2.05, 4.69) is 10.3 Å². The summed E-state index contributed by atoms with van der Waals surface area (Å²) in [5.41, 5.74) is 7.14. The first kappa shape index (κ1) is 17.2. The van der Waals surface area contributed by atoms with Gasteiger partial charge in [-0.05, 0) is 36.4 Å². The van der Waals surface area contributed by atoms with Crippen molar-refractivity contribution in [2.45, 2.75) is 4.90 Å². The van der Waals surface area contributed by atoms with Crippen molar-refractivity contribution in [3.8, 4) is 0 Å². The average molecular weight is 376 g/mol. The van der Waals surface area contributed by atoms with E-state index in [1.54, 1.807) is 30.3 Å². The number of pyridine rings is 1. The molecule has 0 saturated heterocycles. The Morgan fingerprint density at radius 2 is 1.96 bits per heavy atom. The van der Waals surface area contributed by atoms with Crippen molar-refractivity contribution < 1.29 is 13.2 Å². The molecule has 0 aliphatic rings. The number of nitrogens with two attached hydrogens (primary N) is 1. The van der Waals surface area contributed by atoms with Crippen LogP contribution in [0.4, 0.5) is 11.4 Å². The van der Waals surface area contributed by atoms with Crippen LogP contribution in [0.15, 0.2) is 53.6 Å². The van der Waals surface area contributed by atoms with Gasteiger partial charge in [0.25, 0.3) is 5.91 Å². The lowest BCUT2D eigenvalue weighted by molar-refractivity contribution is 0.100. The Morgan fingerprint density at radius 3 is 2.60 bits per heavy atom. The van der Waals surface area contributed by atoms with Gasteiger partial charge >= 0.3 is 0 Å². The van der Waals surface area contributed by atoms with Crippen LogP contribution in [-0.4, -0.2) is 25.6 Å². The maximum absolute atomic E-state index is 11.9. The highest BCUT2D eigenvalue weighted by atomic mass is 35.5. The average Bonchev–Trinajstić information content (AvgIpc) is 2.53. The third-order valence-corrected chi connectivity index (χ3v) is 4.97. The van der Waals surface area contributed by atoms with Gasteiger partial charge in [0.1, 0.15) is 0 Å². The predicted octanol–water partition coefficient (Wildman–Crippen LogP) is 3.13. The fourth-order valence-electron chi connectivity index (χ4n) is 2.43. The van der Waals surface area contributed by atoms with E-state index in [4.69, 9.17) is 17.3 Å². The highest BCUT2D eigenvalue weighted by Crippen LogP contribution is 2.31. The van der Waals surface area contributed by atoms with Gasteiger partial charge in [0.05, 0.1) is 21.7 Å². The van der Waals surface area contributed by atoms with E-state index in [1.807, 2.05) is 0 Å². The van der Waals surface area contributed by atoms with Gasteiger partial charge in [-0.2, -0.15) is 0 Å². The summed E-state index contributed by atoms with van der Waals surface area (Å²) in [5.74, 6) is -0.677. The minimum atomic E-state index is -3.42. The van der Waals surface area contributed by atoms with E-state index in [-0.39, 0.29) is 10.5 Å². The molecule has 0 bridgehead atoms. The van der Waals surface area contributed by atoms with Crippen molar-refractivity contribution >= 4 is 49.6 Å². The van der Waals surface area contributed by atoms with E-state index in [0.29, 0.717) is 27.3 Å². The number of rotatable bonds is 4. The summed E-state index contributed by atoms with van der Waals surface area (Å²) in [4.78, 5) is 16.1. The molecule has 3 aromatic rings. The minimum absolute atomic E-state index is 0.123. The Hall–Kier alpha value is -2.64. The number of anilines is 2. The molecule has 1 amide bonds. The summed E-state index contributed by atoms with van der Waals surface area (Å²) >= 11 is 5.99. The Kier molecular flexibility index (Phi) is 4.36. The van der Waals surface area contributed by atoms with E-state index >= 15 is 0 Å². The summed E-state index contributed by atoms with van der Waals surface area (Å²) in [6, 6.07) is 11.4. The Morgan fingerprint density at radius 1 is 1.20 bits per heavy atom. The van der Waals surface area contributed by atoms with E-state index in [0.717, 1.165) is 6.26 Å². The normalized spacial score (nSPS) is 11.4. The van der Waals surface area contributed by atoms with Crippen LogP contribution in [0.3, 0.4) is 0 Å². The van der Waals surface area contributed by atoms with Crippen LogP contribution < -0.4 is 11.1 Å². The summed E-state index contributed by atoms with van der Waals surface area (Å²) in [6.07, 6.45) is 2.47. The first-order valence-corrected chi connectivity index (χ1v) is 9.48. The lowest BCUT2D eigenvalue weighted by Crippen LogP contribution is -2.14. The molecule has 3 N–H and O–H groups in total. The number of amides is 1. The number of benzene rings is 2. The number of hydrogen-bond acceptors (Lipinski definition) is 5. The maximum Gasteiger partial charge on any atom is 0.252 e. The first-order valence-electron chi connectivity index (χ1n) is 7.21. The second-order valence-electron chi connectivity index (χ2n) is 5.50. The van der Waals surface area contributed by atoms with E-state index in [9.17, 15) is 13.2 Å². The molecule has 25 heavy (non-hydrogen) atoms. The molecule has 3 rings (SSSR count). The molecule has 128 valence electrons. The van der Waals surface area contributed by atoms with Gasteiger partial charge in [-0.25, -0.2) is 8.42 Å². The van der Waals surface area contributed by atoms with Crippen molar-refractivity contribution in [2.24, 2.45) is 5.73 Å². The van der Waals surface area contributed by atoms with E-state index < -0.39 is 15.7 Å². The Bertz CT molecular complexity index is 1100. The monoisotopic (exact) mass is 375 g/mol. The number of carbonyl (C=O) groups is 1. The van der Waals surface area contributed by atoms with E-state index in [1.165, 1.54) is 18.3 Å². The molecule has 1 heterocycles. The van der Waals surface area contributed by atoms with Crippen LogP contribution in [0.25, 0.3) is 10.9 Å². The summed E-state index contributed by atoms with van der Waals surface area (Å²) < 4.78 is 23.7. The van der Waals surface area contributed by atoms with Gasteiger partial charge in [0, 0.05) is 28.5 Å². The van der Waals surface area contributed by atoms with Crippen LogP contribution in [0.5, 0.6) is 0 Å². The number of sulfone groups is 1. The highest BCUT2D eigenvalue weighted by molar-refractivity contribution is 7.90. The van der Waals surface area contributed by atoms with Gasteiger partial charge in [-0.1, -0.05) is 17.7 Å². The van der Waals surface area contributed by atoms with Crippen molar-refractivity contribution in [3.05, 3.63) is 59.2 Å². The number of nitrogens with zero attached hydrogens (tertiary/aromatic N) is 1. The lowest BCUT2D eigenvalue weighted by Gasteiger charge is -2.14. The first-order chi connectivity index (χ1) is 11.8. The molecule has 0 fully saturated rings. The quantitative estimate of drug-likeness (QED) is 0.729. The van der Waals surface area contributed by atoms with Crippen LogP contribution >= 0.6 is 11.6 Å². The zero-order chi connectivity index (χ0) is 18.2. The van der Waals surface area contributed by atoms with Crippen LogP contribution in [0.1, 0.15) is 10.4 Å². The van der Waals surface area contributed by atoms with Crippen LogP contribution in [0, 0.1) is 0 Å². The van der Waals surface area contributed by atoms with Crippen molar-refractivity contribution in [1.82, 2.24) is 4.98 Å². The molecule has 1 aromatic heterocycles. The molecule has 2 aromatic carbocycles. The van der Waals surface area contributed by atoms with Gasteiger partial charge in [-0.15, -0.1) is 0 Å². The molecule has 0 atom stereocenters. The molecule has 0 spiro atoms. The molecular formula is C17H14ClN3O3S. The van der Waals surface area contributed by atoms with Crippen LogP contribution in [0.2, 0.25) is 5.02 Å². The molecule has 0 unspecified atom stereocenters. The SMILES string of the molecule is CS(=O)(=O)c1ccc2ncc(C(N)=O)c(Nc3cccc(Cl)c3)c2c1. The predicted molar refractivity (Wildman–Crippen MR) is 98.1 cm³/mol. The summed E-state index contributed by atoms with van der Waals surface area (Å²) in [7, 11) is -3.42. The van der Waals surface area contributed by atoms with Gasteiger partial charge in [0.2, 0.25) is 0 Å². The van der Waals surface area contributed by atoms with Crippen molar-refractivity contribution in [1.29, 1.82) is 0 Å². The number of fused-ring (bicyclic) bond motifs is 1. The Balaban J connectivity index is 2.28.